The van der Waals surface area contributed by atoms with Crippen molar-refractivity contribution in [2.45, 2.75) is 12.5 Å². The number of hydrogen-bond donors (Lipinski definition) is 1. The second kappa shape index (κ2) is 10.8. The first-order chi connectivity index (χ1) is 17.4. The van der Waals surface area contributed by atoms with Crippen LogP contribution < -0.4 is 5.32 Å². The van der Waals surface area contributed by atoms with Gasteiger partial charge >= 0.3 is 6.03 Å². The minimum Gasteiger partial charge on any atom is -0.338 e. The third-order valence-corrected chi connectivity index (χ3v) is 8.39. The number of nitrogens with zero attached hydrogens (tertiary/aromatic N) is 3. The van der Waals surface area contributed by atoms with Crippen molar-refractivity contribution in [3.05, 3.63) is 85.8 Å². The molecule has 1 aromatic heterocycles. The fraction of sp³-hybridized carbons (Fsp3) is 0.308. The predicted octanol–water partition coefficient (Wildman–Crippen LogP) is 5.52. The van der Waals surface area contributed by atoms with Crippen molar-refractivity contribution >= 4 is 52.2 Å². The minimum atomic E-state index is -0.281. The van der Waals surface area contributed by atoms with Gasteiger partial charge in [0.15, 0.2) is 0 Å². The van der Waals surface area contributed by atoms with Gasteiger partial charge in [-0.2, -0.15) is 0 Å². The molecule has 2 aliphatic heterocycles. The number of nitrogens with one attached hydrogen (secondary N) is 1. The highest BCUT2D eigenvalue weighted by atomic mass is 35.5. The number of carbonyl (C=O) groups excluding carboxylic acids is 2. The predicted molar refractivity (Wildman–Crippen MR) is 141 cm³/mol. The van der Waals surface area contributed by atoms with E-state index in [-0.39, 0.29) is 30.3 Å². The van der Waals surface area contributed by atoms with Gasteiger partial charge in [0.2, 0.25) is 5.91 Å². The van der Waals surface area contributed by atoms with E-state index in [0.29, 0.717) is 41.9 Å². The summed E-state index contributed by atoms with van der Waals surface area (Å²) in [4.78, 5) is 32.8. The number of halogens is 3. The molecule has 0 radical (unpaired) electrons. The Labute approximate surface area is 223 Å². The van der Waals surface area contributed by atoms with E-state index in [0.717, 1.165) is 24.1 Å². The lowest BCUT2D eigenvalue weighted by molar-refractivity contribution is -0.134. The van der Waals surface area contributed by atoms with Crippen LogP contribution in [0, 0.1) is 5.82 Å². The molecule has 36 heavy (non-hydrogen) atoms. The Morgan fingerprint density at radius 1 is 0.972 bits per heavy atom. The third kappa shape index (κ3) is 5.37. The van der Waals surface area contributed by atoms with Crippen LogP contribution in [-0.2, 0) is 11.2 Å². The van der Waals surface area contributed by atoms with Crippen LogP contribution in [0.15, 0.2) is 53.9 Å². The first kappa shape index (κ1) is 25.0. The van der Waals surface area contributed by atoms with Crippen LogP contribution in [0.1, 0.15) is 22.0 Å². The molecule has 10 heteroatoms. The van der Waals surface area contributed by atoms with Crippen LogP contribution in [0.5, 0.6) is 0 Å². The topological polar surface area (TPSA) is 55.9 Å². The first-order valence-corrected chi connectivity index (χ1v) is 13.4. The first-order valence-electron chi connectivity index (χ1n) is 11.7. The van der Waals surface area contributed by atoms with Crippen molar-refractivity contribution in [2.75, 3.05) is 44.6 Å². The summed E-state index contributed by atoms with van der Waals surface area (Å²) in [6.45, 7) is 2.74. The van der Waals surface area contributed by atoms with Crippen molar-refractivity contribution in [1.29, 1.82) is 0 Å². The zero-order valence-electron chi connectivity index (χ0n) is 19.4. The number of rotatable bonds is 4. The summed E-state index contributed by atoms with van der Waals surface area (Å²) in [6.07, 6.45) is 0.870. The third-order valence-electron chi connectivity index (χ3n) is 6.66. The second-order valence-corrected chi connectivity index (χ2v) is 10.7. The van der Waals surface area contributed by atoms with Crippen LogP contribution in [0.25, 0.3) is 0 Å². The number of carbonyl (C=O) groups is 2. The fourth-order valence-electron chi connectivity index (χ4n) is 4.81. The summed E-state index contributed by atoms with van der Waals surface area (Å²) >= 11 is 13.7. The van der Waals surface area contributed by atoms with Gasteiger partial charge in [0.25, 0.3) is 0 Å². The number of fused-ring (bicyclic) bond motifs is 1. The Bertz CT molecular complexity index is 1280. The maximum Gasteiger partial charge on any atom is 0.321 e. The Morgan fingerprint density at radius 3 is 2.50 bits per heavy atom. The molecule has 3 aromatic rings. The average molecular weight is 547 g/mol. The number of benzene rings is 2. The minimum absolute atomic E-state index is 0.0135. The molecule has 1 N–H and O–H groups in total. The van der Waals surface area contributed by atoms with Crippen molar-refractivity contribution in [3.63, 3.8) is 0 Å². The standard InChI is InChI=1S/C26H25Cl2FN4O2S/c27-21-5-4-19(15-22(21)28)30-26(35)32-11-9-31(10-12-32)24(34)16-33-8-6-23-20(7-13-36-23)25(33)17-2-1-3-18(29)14-17/h1-5,7,13-15,25H,6,8-12,16H2,(H,30,35). The van der Waals surface area contributed by atoms with Crippen LogP contribution in [-0.4, -0.2) is 65.9 Å². The SMILES string of the molecule is O=C(CN1CCc2sccc2C1c1cccc(F)c1)N1CCN(C(=O)Nc2ccc(Cl)c(Cl)c2)CC1. The largest absolute Gasteiger partial charge is 0.338 e. The van der Waals surface area contributed by atoms with Crippen LogP contribution >= 0.6 is 34.5 Å². The molecule has 1 atom stereocenters. The molecule has 0 spiro atoms. The van der Waals surface area contributed by atoms with Gasteiger partial charge in [-0.05, 0) is 59.3 Å². The Morgan fingerprint density at radius 2 is 1.75 bits per heavy atom. The molecule has 3 amide bonds. The number of piperazine rings is 1. The Hall–Kier alpha value is -2.65. The molecule has 5 rings (SSSR count). The lowest BCUT2D eigenvalue weighted by Gasteiger charge is -2.39. The van der Waals surface area contributed by atoms with Crippen molar-refractivity contribution in [2.24, 2.45) is 0 Å². The van der Waals surface area contributed by atoms with Gasteiger partial charge in [-0.25, -0.2) is 9.18 Å². The van der Waals surface area contributed by atoms with E-state index < -0.39 is 0 Å². The highest BCUT2D eigenvalue weighted by Crippen LogP contribution is 2.37. The number of hydrogen-bond acceptors (Lipinski definition) is 4. The smallest absolute Gasteiger partial charge is 0.321 e. The van der Waals surface area contributed by atoms with Crippen molar-refractivity contribution in [1.82, 2.24) is 14.7 Å². The summed E-state index contributed by atoms with van der Waals surface area (Å²) in [5.74, 6) is -0.268. The number of thiophene rings is 1. The van der Waals surface area contributed by atoms with E-state index in [1.54, 1.807) is 51.5 Å². The van der Waals surface area contributed by atoms with Crippen molar-refractivity contribution < 1.29 is 14.0 Å². The molecule has 0 aliphatic carbocycles. The van der Waals surface area contributed by atoms with Crippen LogP contribution in [0.3, 0.4) is 0 Å². The molecule has 188 valence electrons. The molecule has 0 saturated carbocycles. The van der Waals surface area contributed by atoms with E-state index in [1.807, 2.05) is 6.07 Å². The lowest BCUT2D eigenvalue weighted by atomic mass is 9.93. The monoisotopic (exact) mass is 546 g/mol. The number of amides is 3. The molecule has 1 unspecified atom stereocenters. The Kier molecular flexibility index (Phi) is 7.48. The maximum atomic E-state index is 14.0. The van der Waals surface area contributed by atoms with Gasteiger partial charge in [0, 0.05) is 43.3 Å². The molecular formula is C26H25Cl2FN4O2S. The van der Waals surface area contributed by atoms with Gasteiger partial charge in [0.1, 0.15) is 5.82 Å². The quantitative estimate of drug-likeness (QED) is 0.468. The van der Waals surface area contributed by atoms with E-state index in [4.69, 9.17) is 23.2 Å². The summed E-state index contributed by atoms with van der Waals surface area (Å²) in [5.41, 5.74) is 2.56. The second-order valence-electron chi connectivity index (χ2n) is 8.90. The molecule has 1 saturated heterocycles. The van der Waals surface area contributed by atoms with E-state index in [2.05, 4.69) is 21.7 Å². The van der Waals surface area contributed by atoms with Gasteiger partial charge in [0.05, 0.1) is 22.6 Å². The molecule has 0 bridgehead atoms. The normalized spacial score (nSPS) is 18.1. The summed E-state index contributed by atoms with van der Waals surface area (Å²) in [6, 6.07) is 13.2. The van der Waals surface area contributed by atoms with Gasteiger partial charge in [-0.1, -0.05) is 35.3 Å². The zero-order chi connectivity index (χ0) is 25.2. The molecule has 1 fully saturated rings. The summed E-state index contributed by atoms with van der Waals surface area (Å²) in [7, 11) is 0. The van der Waals surface area contributed by atoms with Gasteiger partial charge in [-0.15, -0.1) is 11.3 Å². The molecule has 3 heterocycles. The van der Waals surface area contributed by atoms with Crippen LogP contribution in [0.4, 0.5) is 14.9 Å². The van der Waals surface area contributed by atoms with E-state index in [9.17, 15) is 14.0 Å². The summed E-state index contributed by atoms with van der Waals surface area (Å²) < 4.78 is 14.0. The van der Waals surface area contributed by atoms with Gasteiger partial charge in [-0.3, -0.25) is 9.69 Å². The van der Waals surface area contributed by atoms with Crippen molar-refractivity contribution in [3.8, 4) is 0 Å². The molecule has 6 nitrogen and oxygen atoms in total. The highest BCUT2D eigenvalue weighted by molar-refractivity contribution is 7.10. The Balaban J connectivity index is 1.21. The van der Waals surface area contributed by atoms with Gasteiger partial charge < -0.3 is 15.1 Å². The van der Waals surface area contributed by atoms with E-state index >= 15 is 0 Å². The number of urea groups is 1. The zero-order valence-corrected chi connectivity index (χ0v) is 21.8. The highest BCUT2D eigenvalue weighted by Gasteiger charge is 2.33. The van der Waals surface area contributed by atoms with E-state index in [1.165, 1.54) is 10.9 Å². The molecule has 2 aromatic carbocycles. The maximum absolute atomic E-state index is 14.0. The number of anilines is 1. The fourth-order valence-corrected chi connectivity index (χ4v) is 6.02. The lowest BCUT2D eigenvalue weighted by Crippen LogP contribution is -2.54. The molecule has 2 aliphatic rings. The average Bonchev–Trinajstić information content (AvgIpc) is 3.35. The molecular weight excluding hydrogens is 522 g/mol. The van der Waals surface area contributed by atoms with Crippen LogP contribution in [0.2, 0.25) is 10.0 Å². The summed E-state index contributed by atoms with van der Waals surface area (Å²) in [5, 5.41) is 5.68.